The molecule has 5 N–H and O–H groups in total. The standard InChI is InChI=1S/C10H12N2O4/c1-5(13)12-9(10(11)16)6-2-3-7(14)8(15)4-6/h2-4,9,14-15H,1H3,(H2,11,16)(H,12,13). The molecular weight excluding hydrogens is 212 g/mol. The topological polar surface area (TPSA) is 113 Å². The van der Waals surface area contributed by atoms with Crippen LogP contribution in [-0.4, -0.2) is 22.0 Å². The quantitative estimate of drug-likeness (QED) is 0.530. The number of hydrogen-bond acceptors (Lipinski definition) is 4. The Morgan fingerprint density at radius 3 is 2.38 bits per heavy atom. The third-order valence-corrected chi connectivity index (χ3v) is 1.96. The van der Waals surface area contributed by atoms with Crippen molar-refractivity contribution in [3.63, 3.8) is 0 Å². The maximum absolute atomic E-state index is 11.1. The van der Waals surface area contributed by atoms with E-state index in [4.69, 9.17) is 10.8 Å². The van der Waals surface area contributed by atoms with E-state index in [0.717, 1.165) is 0 Å². The Labute approximate surface area is 91.7 Å². The highest BCUT2D eigenvalue weighted by atomic mass is 16.3. The molecule has 1 aromatic carbocycles. The maximum Gasteiger partial charge on any atom is 0.244 e. The van der Waals surface area contributed by atoms with Crippen LogP contribution in [0.3, 0.4) is 0 Å². The van der Waals surface area contributed by atoms with E-state index < -0.39 is 17.9 Å². The Morgan fingerprint density at radius 1 is 1.31 bits per heavy atom. The van der Waals surface area contributed by atoms with Crippen LogP contribution in [0.25, 0.3) is 0 Å². The number of carbonyl (C=O) groups is 2. The van der Waals surface area contributed by atoms with E-state index in [1.165, 1.54) is 25.1 Å². The van der Waals surface area contributed by atoms with Crippen molar-refractivity contribution < 1.29 is 19.8 Å². The molecule has 0 aliphatic heterocycles. The van der Waals surface area contributed by atoms with Crippen molar-refractivity contribution in [2.45, 2.75) is 13.0 Å². The van der Waals surface area contributed by atoms with Gasteiger partial charge in [0.2, 0.25) is 11.8 Å². The summed E-state index contributed by atoms with van der Waals surface area (Å²) in [5.74, 6) is -1.86. The normalized spacial score (nSPS) is 11.8. The van der Waals surface area contributed by atoms with Crippen LogP contribution in [0.15, 0.2) is 18.2 Å². The van der Waals surface area contributed by atoms with Crippen LogP contribution < -0.4 is 11.1 Å². The van der Waals surface area contributed by atoms with E-state index >= 15 is 0 Å². The summed E-state index contributed by atoms with van der Waals surface area (Å²) < 4.78 is 0. The Bertz CT molecular complexity index is 431. The summed E-state index contributed by atoms with van der Waals surface area (Å²) in [7, 11) is 0. The number of rotatable bonds is 3. The number of primary amides is 1. The highest BCUT2D eigenvalue weighted by Gasteiger charge is 2.19. The van der Waals surface area contributed by atoms with Crippen molar-refractivity contribution in [2.75, 3.05) is 0 Å². The average Bonchev–Trinajstić information content (AvgIpc) is 2.18. The Morgan fingerprint density at radius 2 is 1.94 bits per heavy atom. The molecular formula is C10H12N2O4. The molecule has 0 radical (unpaired) electrons. The zero-order valence-corrected chi connectivity index (χ0v) is 8.60. The van der Waals surface area contributed by atoms with Gasteiger partial charge in [0, 0.05) is 6.92 Å². The van der Waals surface area contributed by atoms with Gasteiger partial charge >= 0.3 is 0 Å². The molecule has 6 heteroatoms. The van der Waals surface area contributed by atoms with Crippen LogP contribution in [0, 0.1) is 0 Å². The first-order chi connectivity index (χ1) is 7.41. The molecule has 1 unspecified atom stereocenters. The summed E-state index contributed by atoms with van der Waals surface area (Å²) in [6.07, 6.45) is 0. The Balaban J connectivity index is 3.06. The summed E-state index contributed by atoms with van der Waals surface area (Å²) in [4.78, 5) is 21.9. The lowest BCUT2D eigenvalue weighted by Crippen LogP contribution is -2.36. The fourth-order valence-corrected chi connectivity index (χ4v) is 1.24. The molecule has 0 saturated heterocycles. The minimum absolute atomic E-state index is 0.304. The van der Waals surface area contributed by atoms with Crippen LogP contribution in [-0.2, 0) is 9.59 Å². The van der Waals surface area contributed by atoms with Crippen molar-refractivity contribution in [3.05, 3.63) is 23.8 Å². The molecule has 0 aliphatic rings. The van der Waals surface area contributed by atoms with Crippen molar-refractivity contribution in [3.8, 4) is 11.5 Å². The number of carbonyl (C=O) groups excluding carboxylic acids is 2. The van der Waals surface area contributed by atoms with Crippen LogP contribution >= 0.6 is 0 Å². The van der Waals surface area contributed by atoms with E-state index in [0.29, 0.717) is 5.56 Å². The number of nitrogens with two attached hydrogens (primary N) is 1. The molecule has 16 heavy (non-hydrogen) atoms. The van der Waals surface area contributed by atoms with E-state index in [-0.39, 0.29) is 11.5 Å². The number of hydrogen-bond donors (Lipinski definition) is 4. The van der Waals surface area contributed by atoms with Crippen LogP contribution in [0.5, 0.6) is 11.5 Å². The summed E-state index contributed by atoms with van der Waals surface area (Å²) in [6, 6.07) is 2.74. The zero-order chi connectivity index (χ0) is 12.3. The lowest BCUT2D eigenvalue weighted by Gasteiger charge is -2.14. The number of benzene rings is 1. The van der Waals surface area contributed by atoms with Crippen molar-refractivity contribution in [2.24, 2.45) is 5.73 Å². The maximum atomic E-state index is 11.1. The first-order valence-electron chi connectivity index (χ1n) is 4.50. The van der Waals surface area contributed by atoms with Gasteiger partial charge in [0.1, 0.15) is 6.04 Å². The van der Waals surface area contributed by atoms with E-state index in [9.17, 15) is 14.7 Å². The highest BCUT2D eigenvalue weighted by Crippen LogP contribution is 2.27. The third-order valence-electron chi connectivity index (χ3n) is 1.96. The predicted molar refractivity (Wildman–Crippen MR) is 55.5 cm³/mol. The van der Waals surface area contributed by atoms with Crippen molar-refractivity contribution in [1.29, 1.82) is 0 Å². The number of nitrogens with one attached hydrogen (secondary N) is 1. The van der Waals surface area contributed by atoms with Crippen molar-refractivity contribution in [1.82, 2.24) is 5.32 Å². The monoisotopic (exact) mass is 224 g/mol. The molecule has 1 aromatic rings. The fraction of sp³-hybridized carbons (Fsp3) is 0.200. The lowest BCUT2D eigenvalue weighted by molar-refractivity contribution is -0.126. The second kappa shape index (κ2) is 4.52. The minimum atomic E-state index is -1.02. The predicted octanol–water partition coefficient (Wildman–Crippen LogP) is -0.240. The van der Waals surface area contributed by atoms with Gasteiger partial charge in [-0.3, -0.25) is 9.59 Å². The van der Waals surface area contributed by atoms with Crippen LogP contribution in [0.2, 0.25) is 0 Å². The van der Waals surface area contributed by atoms with Gasteiger partial charge in [0.15, 0.2) is 11.5 Å². The summed E-state index contributed by atoms with van der Waals surface area (Å²) in [5, 5.41) is 20.7. The molecule has 0 spiro atoms. The minimum Gasteiger partial charge on any atom is -0.504 e. The molecule has 0 fully saturated rings. The number of phenolic OH excluding ortho intramolecular Hbond substituents is 2. The Hall–Kier alpha value is -2.24. The molecule has 86 valence electrons. The van der Waals surface area contributed by atoms with Gasteiger partial charge in [-0.1, -0.05) is 6.07 Å². The summed E-state index contributed by atoms with van der Waals surface area (Å²) >= 11 is 0. The Kier molecular flexibility index (Phi) is 3.34. The van der Waals surface area contributed by atoms with Gasteiger partial charge in [0.25, 0.3) is 0 Å². The first-order valence-corrected chi connectivity index (χ1v) is 4.50. The van der Waals surface area contributed by atoms with Gasteiger partial charge in [0.05, 0.1) is 0 Å². The lowest BCUT2D eigenvalue weighted by atomic mass is 10.1. The average molecular weight is 224 g/mol. The molecule has 0 heterocycles. The zero-order valence-electron chi connectivity index (χ0n) is 8.60. The van der Waals surface area contributed by atoms with E-state index in [1.54, 1.807) is 0 Å². The third kappa shape index (κ3) is 2.63. The van der Waals surface area contributed by atoms with Gasteiger partial charge in [-0.2, -0.15) is 0 Å². The summed E-state index contributed by atoms with van der Waals surface area (Å²) in [6.45, 7) is 1.25. The van der Waals surface area contributed by atoms with Gasteiger partial charge in [-0.05, 0) is 17.7 Å². The van der Waals surface area contributed by atoms with Gasteiger partial charge in [-0.15, -0.1) is 0 Å². The number of amides is 2. The molecule has 6 nitrogen and oxygen atoms in total. The first kappa shape index (κ1) is 11.8. The molecule has 1 atom stereocenters. The molecule has 0 bridgehead atoms. The SMILES string of the molecule is CC(=O)NC(C(N)=O)c1ccc(O)c(O)c1. The van der Waals surface area contributed by atoms with E-state index in [1.807, 2.05) is 0 Å². The van der Waals surface area contributed by atoms with Gasteiger partial charge in [-0.25, -0.2) is 0 Å². The van der Waals surface area contributed by atoms with E-state index in [2.05, 4.69) is 5.32 Å². The van der Waals surface area contributed by atoms with Crippen LogP contribution in [0.4, 0.5) is 0 Å². The fourth-order valence-electron chi connectivity index (χ4n) is 1.24. The summed E-state index contributed by atoms with van der Waals surface area (Å²) in [5.41, 5.74) is 5.41. The van der Waals surface area contributed by atoms with Gasteiger partial charge < -0.3 is 21.3 Å². The second-order valence-electron chi connectivity index (χ2n) is 3.28. The molecule has 0 aromatic heterocycles. The number of phenols is 2. The van der Waals surface area contributed by atoms with Crippen molar-refractivity contribution >= 4 is 11.8 Å². The molecule has 0 saturated carbocycles. The number of aromatic hydroxyl groups is 2. The second-order valence-corrected chi connectivity index (χ2v) is 3.28. The largest absolute Gasteiger partial charge is 0.504 e. The highest BCUT2D eigenvalue weighted by molar-refractivity contribution is 5.86. The molecule has 1 rings (SSSR count). The molecule has 2 amide bonds. The molecule has 0 aliphatic carbocycles. The smallest absolute Gasteiger partial charge is 0.244 e. The van der Waals surface area contributed by atoms with Crippen LogP contribution in [0.1, 0.15) is 18.5 Å².